The average Bonchev–Trinajstić information content (AvgIpc) is 2.45. The fourth-order valence-electron chi connectivity index (χ4n) is 2.55. The third-order valence-electron chi connectivity index (χ3n) is 3.51. The summed E-state index contributed by atoms with van der Waals surface area (Å²) in [4.78, 5) is 10.6. The van der Waals surface area contributed by atoms with Gasteiger partial charge in [-0.25, -0.2) is 0 Å². The normalized spacial score (nSPS) is 10.3. The summed E-state index contributed by atoms with van der Waals surface area (Å²) in [7, 11) is 0. The van der Waals surface area contributed by atoms with Crippen molar-refractivity contribution in [2.45, 2.75) is 6.92 Å². The van der Waals surface area contributed by atoms with E-state index in [1.807, 2.05) is 30.3 Å². The van der Waals surface area contributed by atoms with E-state index in [9.17, 15) is 4.79 Å². The molecular weight excluding hydrogens is 289 g/mol. The molecule has 0 amide bonds. The number of hydrogen-bond acceptors (Lipinski definition) is 1. The molecule has 21 heavy (non-hydrogen) atoms. The van der Waals surface area contributed by atoms with Gasteiger partial charge < -0.3 is 10.4 Å². The maximum atomic E-state index is 10.6. The van der Waals surface area contributed by atoms with Crippen LogP contribution in [0, 0.1) is 6.92 Å². The molecule has 0 radical (unpaired) electrons. The monoisotopic (exact) mass is 303 g/mol. The molecule has 4 heteroatoms. The van der Waals surface area contributed by atoms with Crippen LogP contribution >= 0.6 is 0 Å². The summed E-state index contributed by atoms with van der Waals surface area (Å²) in [5.41, 5.74) is 1.94. The van der Waals surface area contributed by atoms with Crippen molar-refractivity contribution in [2.75, 3.05) is 6.54 Å². The fourth-order valence-corrected chi connectivity index (χ4v) is 2.55. The molecule has 0 aliphatic heterocycles. The Hall–Kier alpha value is -0.914. The van der Waals surface area contributed by atoms with Crippen LogP contribution in [0.15, 0.2) is 48.5 Å². The van der Waals surface area contributed by atoms with Crippen LogP contribution in [0.25, 0.3) is 26.9 Å². The number of aryl methyl sites for hydroxylation is 1. The van der Waals surface area contributed by atoms with Gasteiger partial charge in [-0.15, -0.1) is 5.69 Å². The van der Waals surface area contributed by atoms with Gasteiger partial charge in [0.05, 0.1) is 0 Å². The summed E-state index contributed by atoms with van der Waals surface area (Å²) in [6.07, 6.45) is 0. The van der Waals surface area contributed by atoms with Gasteiger partial charge in [-0.05, 0) is 46.6 Å². The predicted molar refractivity (Wildman–Crippen MR) is 81.7 cm³/mol. The van der Waals surface area contributed by atoms with Crippen molar-refractivity contribution in [3.05, 3.63) is 59.4 Å². The Morgan fingerprint density at radius 2 is 1.76 bits per heavy atom. The van der Waals surface area contributed by atoms with Crippen LogP contribution in [0.2, 0.25) is 0 Å². The molecule has 3 nitrogen and oxygen atoms in total. The van der Waals surface area contributed by atoms with Crippen molar-refractivity contribution >= 4 is 33.2 Å². The molecule has 0 fully saturated rings. The molecule has 0 aromatic heterocycles. The maximum Gasteiger partial charge on any atom is 1.00 e. The van der Waals surface area contributed by atoms with E-state index in [0.717, 1.165) is 5.39 Å². The third kappa shape index (κ3) is 3.47. The van der Waals surface area contributed by atoms with Gasteiger partial charge in [-0.3, -0.25) is 4.79 Å². The standard InChI is InChI=1S/C17H14NO2.K/c1-11-15-5-3-2-4-12(15)8-13-9-14(6-7-16(11)13)18-10-17(19)20;/h2-9H,10H2,1H3,(H,19,20);/q-1;+1. The molecule has 0 aliphatic rings. The van der Waals surface area contributed by atoms with E-state index in [0.29, 0.717) is 5.69 Å². The quantitative estimate of drug-likeness (QED) is 0.587. The van der Waals surface area contributed by atoms with Gasteiger partial charge in [0.15, 0.2) is 0 Å². The first kappa shape index (κ1) is 16.5. The van der Waals surface area contributed by atoms with E-state index in [1.165, 1.54) is 21.7 Å². The number of rotatable bonds is 3. The first-order chi connectivity index (χ1) is 9.65. The minimum absolute atomic E-state index is 0. The van der Waals surface area contributed by atoms with Crippen LogP contribution in [0.4, 0.5) is 5.69 Å². The van der Waals surface area contributed by atoms with Crippen molar-refractivity contribution < 1.29 is 61.3 Å². The van der Waals surface area contributed by atoms with Gasteiger partial charge >= 0.3 is 51.4 Å². The Bertz CT molecular complexity index is 814. The fraction of sp³-hybridized carbons (Fsp3) is 0.118. The molecule has 0 saturated carbocycles. The second-order valence-electron chi connectivity index (χ2n) is 4.84. The Morgan fingerprint density at radius 3 is 2.52 bits per heavy atom. The Kier molecular flexibility index (Phi) is 5.41. The zero-order chi connectivity index (χ0) is 14.1. The summed E-state index contributed by atoms with van der Waals surface area (Å²) in [6.45, 7) is 1.91. The number of hydrogen-bond donors (Lipinski definition) is 1. The van der Waals surface area contributed by atoms with E-state index in [2.05, 4.69) is 30.4 Å². The molecular formula is C17H14KNO2. The number of carboxylic acid groups (broad SMARTS) is 1. The largest absolute Gasteiger partial charge is 1.00 e. The number of benzene rings is 3. The number of carbonyl (C=O) groups is 1. The molecule has 0 atom stereocenters. The molecule has 100 valence electrons. The Morgan fingerprint density at radius 1 is 1.05 bits per heavy atom. The molecule has 0 heterocycles. The molecule has 3 rings (SSSR count). The third-order valence-corrected chi connectivity index (χ3v) is 3.51. The van der Waals surface area contributed by atoms with Gasteiger partial charge in [0.2, 0.25) is 0 Å². The molecule has 3 aromatic carbocycles. The van der Waals surface area contributed by atoms with Gasteiger partial charge in [-0.2, -0.15) is 0 Å². The maximum absolute atomic E-state index is 10.6. The van der Waals surface area contributed by atoms with Crippen LogP contribution < -0.4 is 51.4 Å². The molecule has 3 aromatic rings. The van der Waals surface area contributed by atoms with Gasteiger partial charge in [-0.1, -0.05) is 42.5 Å². The number of nitrogens with zero attached hydrogens (tertiary/aromatic N) is 1. The zero-order valence-corrected chi connectivity index (χ0v) is 15.3. The minimum Gasteiger partial charge on any atom is -0.675 e. The summed E-state index contributed by atoms with van der Waals surface area (Å²) in [5.74, 6) is -0.917. The number of carboxylic acids is 1. The molecule has 0 saturated heterocycles. The Labute approximate surface area is 165 Å². The van der Waals surface area contributed by atoms with E-state index in [4.69, 9.17) is 5.11 Å². The van der Waals surface area contributed by atoms with Crippen molar-refractivity contribution in [3.8, 4) is 0 Å². The summed E-state index contributed by atoms with van der Waals surface area (Å²) in [6, 6.07) is 16.2. The molecule has 0 aliphatic carbocycles. The van der Waals surface area contributed by atoms with Crippen molar-refractivity contribution in [2.24, 2.45) is 0 Å². The van der Waals surface area contributed by atoms with Crippen LogP contribution in [0.3, 0.4) is 0 Å². The van der Waals surface area contributed by atoms with Gasteiger partial charge in [0.1, 0.15) is 0 Å². The topological polar surface area (TPSA) is 51.4 Å². The van der Waals surface area contributed by atoms with E-state index in [1.54, 1.807) is 0 Å². The number of aliphatic carboxylic acids is 1. The zero-order valence-electron chi connectivity index (χ0n) is 12.1. The Balaban J connectivity index is 0.00000161. The van der Waals surface area contributed by atoms with E-state index in [-0.39, 0.29) is 57.9 Å². The van der Waals surface area contributed by atoms with Crippen LogP contribution in [-0.4, -0.2) is 17.6 Å². The van der Waals surface area contributed by atoms with Crippen LogP contribution in [-0.2, 0) is 4.79 Å². The number of fused-ring (bicyclic) bond motifs is 2. The summed E-state index contributed by atoms with van der Waals surface area (Å²) >= 11 is 0. The summed E-state index contributed by atoms with van der Waals surface area (Å²) in [5, 5.41) is 17.4. The smallest absolute Gasteiger partial charge is 0.675 e. The van der Waals surface area contributed by atoms with Crippen LogP contribution in [0.5, 0.6) is 0 Å². The van der Waals surface area contributed by atoms with Crippen molar-refractivity contribution in [3.63, 3.8) is 0 Å². The first-order valence-corrected chi connectivity index (χ1v) is 6.46. The SMILES string of the molecule is Cc1c2ccccc2cc2cc([N-]CC(=O)O)ccc12.[K+]. The first-order valence-electron chi connectivity index (χ1n) is 6.46. The second kappa shape index (κ2) is 6.90. The van der Waals surface area contributed by atoms with Gasteiger partial charge in [0.25, 0.3) is 5.97 Å². The average molecular weight is 303 g/mol. The van der Waals surface area contributed by atoms with E-state index < -0.39 is 5.97 Å². The van der Waals surface area contributed by atoms with Crippen molar-refractivity contribution in [1.29, 1.82) is 0 Å². The molecule has 0 bridgehead atoms. The van der Waals surface area contributed by atoms with Crippen LogP contribution in [0.1, 0.15) is 5.56 Å². The van der Waals surface area contributed by atoms with Gasteiger partial charge in [0, 0.05) is 0 Å². The molecule has 0 spiro atoms. The second-order valence-corrected chi connectivity index (χ2v) is 4.84. The van der Waals surface area contributed by atoms with E-state index >= 15 is 0 Å². The predicted octanol–water partition coefficient (Wildman–Crippen LogP) is 1.40. The molecule has 1 N–H and O–H groups in total. The molecule has 0 unspecified atom stereocenters. The van der Waals surface area contributed by atoms with Crippen molar-refractivity contribution in [1.82, 2.24) is 0 Å². The minimum atomic E-state index is -0.917. The summed E-state index contributed by atoms with van der Waals surface area (Å²) < 4.78 is 0.